The number of hydrogen-bond acceptors (Lipinski definition) is 0. The Morgan fingerprint density at radius 2 is 1.05 bits per heavy atom. The largest absolute Gasteiger partial charge is 0.214 e. The Morgan fingerprint density at radius 3 is 1.43 bits per heavy atom. The smallest absolute Gasteiger partial charge is 0.172 e. The zero-order chi connectivity index (χ0) is 30.5. The molecule has 6 aromatic carbocycles. The topological polar surface area (TPSA) is 0 Å². The minimum atomic E-state index is 0.203. The van der Waals surface area contributed by atoms with E-state index in [1.165, 1.54) is 76.8 Å². The molecule has 0 saturated heterocycles. The normalized spacial score (nSPS) is 11.5. The van der Waals surface area contributed by atoms with E-state index in [9.17, 15) is 0 Å². The summed E-state index contributed by atoms with van der Waals surface area (Å²) >= 11 is 7.30. The average Bonchev–Trinajstić information content (AvgIpc) is 3.64. The summed E-state index contributed by atoms with van der Waals surface area (Å²) in [6.07, 6.45) is 0. The molecule has 0 unspecified atom stereocenters. The average molecular weight is 648 g/mol. The van der Waals surface area contributed by atoms with E-state index >= 15 is 0 Å². The van der Waals surface area contributed by atoms with Gasteiger partial charge in [0.05, 0.1) is 0 Å². The van der Waals surface area contributed by atoms with Crippen LogP contribution in [0.5, 0.6) is 0 Å². The van der Waals surface area contributed by atoms with Gasteiger partial charge in [-0.2, -0.15) is 18.2 Å². The van der Waals surface area contributed by atoms with Crippen molar-refractivity contribution in [3.8, 4) is 0 Å². The van der Waals surface area contributed by atoms with Crippen LogP contribution in [0.4, 0.5) is 0 Å². The Kier molecular flexibility index (Phi) is 10.4. The summed E-state index contributed by atoms with van der Waals surface area (Å²) in [6.45, 7) is 15.7. The molecule has 0 nitrogen and oxygen atoms in total. The fraction of sp³-hybridized carbons (Fsp3) is 0.225. The predicted molar refractivity (Wildman–Crippen MR) is 182 cm³/mol. The summed E-state index contributed by atoms with van der Waals surface area (Å²) in [6, 6.07) is 42.9. The maximum Gasteiger partial charge on any atom is -0.172 e. The van der Waals surface area contributed by atoms with E-state index in [0.29, 0.717) is 0 Å². The molecule has 0 spiro atoms. The molecule has 0 aliphatic rings. The van der Waals surface area contributed by atoms with Gasteiger partial charge in [0.15, 0.2) is 0 Å². The third-order valence-electron chi connectivity index (χ3n) is 7.47. The van der Waals surface area contributed by atoms with Crippen LogP contribution in [0, 0.1) is 6.92 Å². The molecule has 0 fully saturated rings. The molecular formula is C40H41ClZr. The van der Waals surface area contributed by atoms with Gasteiger partial charge >= 0.3 is 116 Å². The van der Waals surface area contributed by atoms with Gasteiger partial charge in [-0.15, -0.1) is 39.7 Å². The van der Waals surface area contributed by atoms with Gasteiger partial charge in [0.2, 0.25) is 0 Å². The van der Waals surface area contributed by atoms with Crippen LogP contribution in [0.25, 0.3) is 21.5 Å². The molecule has 0 heterocycles. The molecule has 0 aliphatic carbocycles. The SMILES string of the molecule is CC(C)(C)c1ccc2c(c1)[cH-]c1cc(C(C)(C)C)ccc12.Cc1ccc([C](=[Zr+2])c2ccc(Cl)cc2)cc1.c1cc[cH-]c1. The fourth-order valence-electron chi connectivity index (χ4n) is 4.78. The third-order valence-corrected chi connectivity index (χ3v) is 9.14. The van der Waals surface area contributed by atoms with Gasteiger partial charge in [-0.25, -0.2) is 12.1 Å². The second-order valence-electron chi connectivity index (χ2n) is 13.0. The monoisotopic (exact) mass is 646 g/mol. The van der Waals surface area contributed by atoms with Crippen molar-refractivity contribution in [2.75, 3.05) is 0 Å². The van der Waals surface area contributed by atoms with Crippen molar-refractivity contribution in [2.24, 2.45) is 0 Å². The van der Waals surface area contributed by atoms with E-state index in [0.717, 1.165) is 5.02 Å². The van der Waals surface area contributed by atoms with Crippen molar-refractivity contribution in [2.45, 2.75) is 59.3 Å². The van der Waals surface area contributed by atoms with Crippen LogP contribution < -0.4 is 0 Å². The van der Waals surface area contributed by atoms with Crippen molar-refractivity contribution in [1.29, 1.82) is 0 Å². The summed E-state index contributed by atoms with van der Waals surface area (Å²) in [7, 11) is 0. The quantitative estimate of drug-likeness (QED) is 0.164. The number of rotatable bonds is 2. The standard InChI is InChI=1S/C21H25.C14H11Cl.C5H5.Zr/c1-20(2,3)16-7-9-18-14(12-16)11-15-13-17(21(4,5)6)8-10-19(15)18;1-11-2-4-12(5-3-11)10-13-6-8-14(15)9-7-13;1-2-4-5-3-1;/h7-13H,1-6H3;2-9H,1H3;1-5H;/q-1;;-1;+2. The van der Waals surface area contributed by atoms with Crippen molar-refractivity contribution >= 4 is 36.4 Å². The maximum atomic E-state index is 5.88. The second-order valence-corrected chi connectivity index (χ2v) is 14.6. The summed E-state index contributed by atoms with van der Waals surface area (Å²) in [4.78, 5) is 0. The summed E-state index contributed by atoms with van der Waals surface area (Å²) in [5.74, 6) is 0. The van der Waals surface area contributed by atoms with E-state index in [4.69, 9.17) is 11.6 Å². The summed E-state index contributed by atoms with van der Waals surface area (Å²) < 4.78 is 1.36. The van der Waals surface area contributed by atoms with Gasteiger partial charge in [-0.3, -0.25) is 0 Å². The van der Waals surface area contributed by atoms with Crippen LogP contribution >= 0.6 is 11.6 Å². The number of hydrogen-bond donors (Lipinski definition) is 0. The molecule has 212 valence electrons. The van der Waals surface area contributed by atoms with E-state index in [1.54, 1.807) is 0 Å². The molecule has 0 atom stereocenters. The molecule has 6 rings (SSSR count). The first-order valence-corrected chi connectivity index (χ1v) is 16.2. The van der Waals surface area contributed by atoms with Gasteiger partial charge in [-0.05, 0) is 10.8 Å². The number of benzene rings is 4. The molecule has 0 radical (unpaired) electrons. The first kappa shape index (κ1) is 32.1. The van der Waals surface area contributed by atoms with Crippen LogP contribution in [0.1, 0.15) is 69.4 Å². The third kappa shape index (κ3) is 8.37. The molecule has 0 bridgehead atoms. The van der Waals surface area contributed by atoms with Crippen LogP contribution in [-0.2, 0) is 35.1 Å². The van der Waals surface area contributed by atoms with Crippen molar-refractivity contribution in [3.05, 3.63) is 154 Å². The molecular weight excluding hydrogens is 607 g/mol. The van der Waals surface area contributed by atoms with Gasteiger partial charge in [0, 0.05) is 0 Å². The molecule has 0 aliphatic heterocycles. The first-order chi connectivity index (χ1) is 19.8. The minimum Gasteiger partial charge on any atom is -0.214 e. The molecule has 6 aromatic rings. The minimum absolute atomic E-state index is 0.203. The Morgan fingerprint density at radius 1 is 0.619 bits per heavy atom. The van der Waals surface area contributed by atoms with Crippen LogP contribution in [0.2, 0.25) is 5.02 Å². The number of fused-ring (bicyclic) bond motifs is 3. The molecule has 42 heavy (non-hydrogen) atoms. The van der Waals surface area contributed by atoms with Gasteiger partial charge < -0.3 is 0 Å². The Balaban J connectivity index is 0.000000170. The number of halogens is 1. The van der Waals surface area contributed by atoms with Crippen molar-refractivity contribution in [3.63, 3.8) is 0 Å². The molecule has 2 heteroatoms. The van der Waals surface area contributed by atoms with E-state index in [-0.39, 0.29) is 10.8 Å². The van der Waals surface area contributed by atoms with Crippen LogP contribution in [0.3, 0.4) is 0 Å². The van der Waals surface area contributed by atoms with Gasteiger partial charge in [0.25, 0.3) is 0 Å². The first-order valence-electron chi connectivity index (χ1n) is 14.6. The summed E-state index contributed by atoms with van der Waals surface area (Å²) in [5, 5.41) is 6.26. The zero-order valence-corrected chi connectivity index (χ0v) is 29.1. The molecule has 0 aromatic heterocycles. The maximum absolute atomic E-state index is 5.88. The fourth-order valence-corrected chi connectivity index (χ4v) is 5.72. The second kappa shape index (κ2) is 13.6. The van der Waals surface area contributed by atoms with E-state index in [1.807, 2.05) is 42.5 Å². The van der Waals surface area contributed by atoms with Gasteiger partial charge in [-0.1, -0.05) is 76.9 Å². The van der Waals surface area contributed by atoms with Crippen LogP contribution in [0.15, 0.2) is 121 Å². The Hall–Kier alpha value is -2.86. The number of aryl methyl sites for hydroxylation is 1. The summed E-state index contributed by atoms with van der Waals surface area (Å²) in [5.41, 5.74) is 7.06. The van der Waals surface area contributed by atoms with E-state index < -0.39 is 0 Å². The van der Waals surface area contributed by atoms with Crippen LogP contribution in [-0.4, -0.2) is 3.21 Å². The molecule has 0 saturated carbocycles. The van der Waals surface area contributed by atoms with Crippen molar-refractivity contribution in [1.82, 2.24) is 0 Å². The Bertz CT molecular complexity index is 1600. The molecule has 0 N–H and O–H groups in total. The Labute approximate surface area is 272 Å². The van der Waals surface area contributed by atoms with Gasteiger partial charge in [0.1, 0.15) is 0 Å². The van der Waals surface area contributed by atoms with E-state index in [2.05, 4.69) is 127 Å². The molecule has 0 amide bonds. The zero-order valence-electron chi connectivity index (χ0n) is 25.9. The predicted octanol–water partition coefficient (Wildman–Crippen LogP) is 11.5. The van der Waals surface area contributed by atoms with Crippen molar-refractivity contribution < 1.29 is 24.2 Å².